The fourth-order valence-corrected chi connectivity index (χ4v) is 3.71. The summed E-state index contributed by atoms with van der Waals surface area (Å²) in [6, 6.07) is -0.375. The fourth-order valence-electron chi connectivity index (χ4n) is 3.71. The molecule has 3 fully saturated rings. The van der Waals surface area contributed by atoms with Crippen molar-refractivity contribution in [1.29, 1.82) is 0 Å². The van der Waals surface area contributed by atoms with Gasteiger partial charge in [0.2, 0.25) is 0 Å². The number of esters is 2. The maximum absolute atomic E-state index is 12.0. The molecule has 3 rings (SSSR count). The zero-order valence-electron chi connectivity index (χ0n) is 9.90. The molecule has 2 saturated heterocycles. The predicted molar refractivity (Wildman–Crippen MR) is 58.1 cm³/mol. The third-order valence-corrected chi connectivity index (χ3v) is 4.28. The number of hydrogen-bond donors (Lipinski definition) is 1. The van der Waals surface area contributed by atoms with Gasteiger partial charge in [-0.2, -0.15) is 0 Å². The quantitative estimate of drug-likeness (QED) is 0.706. The van der Waals surface area contributed by atoms with Gasteiger partial charge in [-0.25, -0.2) is 0 Å². The molecule has 5 heteroatoms. The lowest BCUT2D eigenvalue weighted by molar-refractivity contribution is -0.174. The van der Waals surface area contributed by atoms with E-state index in [1.54, 1.807) is 6.92 Å². The lowest BCUT2D eigenvalue weighted by atomic mass is 9.82. The minimum atomic E-state index is -0.619. The van der Waals surface area contributed by atoms with E-state index in [1.165, 1.54) is 0 Å². The molecule has 17 heavy (non-hydrogen) atoms. The third-order valence-electron chi connectivity index (χ3n) is 4.28. The summed E-state index contributed by atoms with van der Waals surface area (Å²) in [6.07, 6.45) is 3.20. The van der Waals surface area contributed by atoms with Crippen LogP contribution in [0, 0.1) is 5.92 Å². The van der Waals surface area contributed by atoms with Crippen LogP contribution in [0.5, 0.6) is 0 Å². The zero-order chi connectivity index (χ0) is 12.0. The van der Waals surface area contributed by atoms with E-state index in [4.69, 9.17) is 9.47 Å². The van der Waals surface area contributed by atoms with Crippen LogP contribution >= 0.6 is 0 Å². The molecule has 1 N–H and O–H groups in total. The second-order valence-electron chi connectivity index (χ2n) is 5.09. The molecule has 0 unspecified atom stereocenters. The molecule has 2 bridgehead atoms. The largest absolute Gasteiger partial charge is 0.465 e. The van der Waals surface area contributed by atoms with Crippen LogP contribution < -0.4 is 5.32 Å². The van der Waals surface area contributed by atoms with Crippen molar-refractivity contribution in [2.75, 3.05) is 6.61 Å². The topological polar surface area (TPSA) is 64.6 Å². The molecule has 94 valence electrons. The second-order valence-corrected chi connectivity index (χ2v) is 5.09. The van der Waals surface area contributed by atoms with Gasteiger partial charge in [-0.05, 0) is 26.2 Å². The van der Waals surface area contributed by atoms with Crippen molar-refractivity contribution in [2.24, 2.45) is 5.92 Å². The molecular weight excluding hydrogens is 222 g/mol. The van der Waals surface area contributed by atoms with Crippen LogP contribution in [0.25, 0.3) is 0 Å². The Labute approximate surface area is 99.8 Å². The van der Waals surface area contributed by atoms with Crippen LogP contribution in [0.15, 0.2) is 0 Å². The van der Waals surface area contributed by atoms with E-state index in [1.807, 2.05) is 0 Å². The molecule has 0 aromatic heterocycles. The van der Waals surface area contributed by atoms with Crippen molar-refractivity contribution in [3.05, 3.63) is 0 Å². The van der Waals surface area contributed by atoms with Crippen molar-refractivity contribution in [2.45, 2.75) is 50.3 Å². The van der Waals surface area contributed by atoms with E-state index in [0.717, 1.165) is 19.3 Å². The van der Waals surface area contributed by atoms with E-state index in [2.05, 4.69) is 5.32 Å². The Morgan fingerprint density at radius 3 is 3.24 bits per heavy atom. The fraction of sp³-hybridized carbons (Fsp3) is 0.833. The van der Waals surface area contributed by atoms with E-state index in [0.29, 0.717) is 13.0 Å². The highest BCUT2D eigenvalue weighted by Crippen LogP contribution is 2.51. The number of rotatable bonds is 2. The van der Waals surface area contributed by atoms with E-state index >= 15 is 0 Å². The van der Waals surface area contributed by atoms with Gasteiger partial charge in [0.15, 0.2) is 0 Å². The smallest absolute Gasteiger partial charge is 0.327 e. The van der Waals surface area contributed by atoms with Crippen molar-refractivity contribution in [1.82, 2.24) is 5.32 Å². The summed E-state index contributed by atoms with van der Waals surface area (Å²) in [4.78, 5) is 23.5. The summed E-state index contributed by atoms with van der Waals surface area (Å²) in [5.74, 6) is -0.182. The van der Waals surface area contributed by atoms with E-state index < -0.39 is 11.6 Å². The van der Waals surface area contributed by atoms with Crippen LogP contribution in [0.3, 0.4) is 0 Å². The van der Waals surface area contributed by atoms with E-state index in [9.17, 15) is 9.59 Å². The maximum atomic E-state index is 12.0. The molecule has 0 aromatic rings. The average molecular weight is 239 g/mol. The van der Waals surface area contributed by atoms with Crippen LogP contribution in [0.1, 0.15) is 32.6 Å². The Balaban J connectivity index is 1.91. The van der Waals surface area contributed by atoms with Gasteiger partial charge < -0.3 is 9.47 Å². The molecule has 1 saturated carbocycles. The Kier molecular flexibility index (Phi) is 2.40. The highest BCUT2D eigenvalue weighted by atomic mass is 16.6. The zero-order valence-corrected chi connectivity index (χ0v) is 9.90. The van der Waals surface area contributed by atoms with Gasteiger partial charge in [-0.15, -0.1) is 0 Å². The number of ether oxygens (including phenoxy) is 2. The summed E-state index contributed by atoms with van der Waals surface area (Å²) in [6.45, 7) is 2.14. The Morgan fingerprint density at radius 2 is 2.47 bits per heavy atom. The third kappa shape index (κ3) is 1.41. The molecule has 2 aliphatic heterocycles. The molecule has 5 nitrogen and oxygen atoms in total. The highest BCUT2D eigenvalue weighted by molar-refractivity contribution is 5.82. The van der Waals surface area contributed by atoms with Gasteiger partial charge in [-0.1, -0.05) is 0 Å². The molecule has 4 atom stereocenters. The van der Waals surface area contributed by atoms with Gasteiger partial charge in [-0.3, -0.25) is 14.9 Å². The van der Waals surface area contributed by atoms with Crippen molar-refractivity contribution >= 4 is 11.9 Å². The SMILES string of the molecule is CCOC(=O)[C@H]1N[C@H]2CC(=O)O[C@@]13CCC[C@@H]23. The van der Waals surface area contributed by atoms with Gasteiger partial charge in [0.25, 0.3) is 0 Å². The first-order chi connectivity index (χ1) is 8.17. The standard InChI is InChI=1S/C12H17NO4/c1-2-16-11(15)10-12-5-3-4-7(12)8(13-10)6-9(14)17-12/h7-8,10,13H,2-6H2,1H3/t7-,8-,10+,12+/m0/s1. The molecular formula is C12H17NO4. The molecule has 3 aliphatic rings. The monoisotopic (exact) mass is 239 g/mol. The number of carbonyl (C=O) groups excluding carboxylic acids is 2. The van der Waals surface area contributed by atoms with Gasteiger partial charge >= 0.3 is 11.9 Å². The first-order valence-electron chi connectivity index (χ1n) is 6.32. The van der Waals surface area contributed by atoms with Crippen LogP contribution in [-0.2, 0) is 19.1 Å². The first-order valence-corrected chi connectivity index (χ1v) is 6.32. The maximum Gasteiger partial charge on any atom is 0.327 e. The Hall–Kier alpha value is -1.10. The molecule has 0 spiro atoms. The number of nitrogens with one attached hydrogen (secondary N) is 1. The summed E-state index contributed by atoms with van der Waals surface area (Å²) < 4.78 is 10.6. The lowest BCUT2D eigenvalue weighted by Gasteiger charge is -2.36. The normalized spacial score (nSPS) is 43.1. The molecule has 1 aliphatic carbocycles. The molecule has 0 aromatic carbocycles. The Bertz CT molecular complexity index is 370. The molecule has 2 heterocycles. The predicted octanol–water partition coefficient (Wildman–Crippen LogP) is 0.376. The van der Waals surface area contributed by atoms with Crippen molar-refractivity contribution < 1.29 is 19.1 Å². The lowest BCUT2D eigenvalue weighted by Crippen LogP contribution is -2.52. The first kappa shape index (κ1) is 11.0. The Morgan fingerprint density at radius 1 is 1.65 bits per heavy atom. The minimum Gasteiger partial charge on any atom is -0.465 e. The summed E-state index contributed by atoms with van der Waals surface area (Å²) in [5.41, 5.74) is -0.619. The number of carbonyl (C=O) groups is 2. The number of hydrogen-bond acceptors (Lipinski definition) is 5. The van der Waals surface area contributed by atoms with Crippen LogP contribution in [0.4, 0.5) is 0 Å². The highest BCUT2D eigenvalue weighted by Gasteiger charge is 2.65. The molecule has 0 amide bonds. The van der Waals surface area contributed by atoms with Crippen molar-refractivity contribution in [3.8, 4) is 0 Å². The summed E-state index contributed by atoms with van der Waals surface area (Å²) in [7, 11) is 0. The van der Waals surface area contributed by atoms with Gasteiger partial charge in [0.1, 0.15) is 11.6 Å². The summed E-state index contributed by atoms with van der Waals surface area (Å²) >= 11 is 0. The second kappa shape index (κ2) is 3.70. The summed E-state index contributed by atoms with van der Waals surface area (Å²) in [5, 5.41) is 3.24. The van der Waals surface area contributed by atoms with Gasteiger partial charge in [0.05, 0.1) is 13.0 Å². The van der Waals surface area contributed by atoms with Crippen LogP contribution in [-0.4, -0.2) is 36.2 Å². The van der Waals surface area contributed by atoms with E-state index in [-0.39, 0.29) is 23.9 Å². The van der Waals surface area contributed by atoms with Crippen LogP contribution in [0.2, 0.25) is 0 Å². The van der Waals surface area contributed by atoms with Crippen molar-refractivity contribution in [3.63, 3.8) is 0 Å². The minimum absolute atomic E-state index is 0.0909. The molecule has 0 radical (unpaired) electrons. The average Bonchev–Trinajstić information content (AvgIpc) is 2.74. The van der Waals surface area contributed by atoms with Gasteiger partial charge in [0, 0.05) is 12.0 Å².